The van der Waals surface area contributed by atoms with E-state index in [1.54, 1.807) is 12.1 Å². The molecule has 0 atom stereocenters. The number of piperazine rings is 1. The van der Waals surface area contributed by atoms with E-state index in [0.717, 1.165) is 50.4 Å². The maximum Gasteiger partial charge on any atom is 0.208 e. The molecule has 0 saturated carbocycles. The van der Waals surface area contributed by atoms with E-state index in [9.17, 15) is 17.2 Å². The average molecular weight is 395 g/mol. The van der Waals surface area contributed by atoms with Gasteiger partial charge in [-0.2, -0.15) is 0 Å². The van der Waals surface area contributed by atoms with Gasteiger partial charge in [-0.1, -0.05) is 6.92 Å². The average Bonchev–Trinajstić information content (AvgIpc) is 2.66. The van der Waals surface area contributed by atoms with Crippen LogP contribution in [0.2, 0.25) is 0 Å². The summed E-state index contributed by atoms with van der Waals surface area (Å²) in [6, 6.07) is 7.38. The lowest BCUT2D eigenvalue weighted by Crippen LogP contribution is -2.43. The molecule has 5 nitrogen and oxygen atoms in total. The van der Waals surface area contributed by atoms with E-state index in [1.165, 1.54) is 6.07 Å². The van der Waals surface area contributed by atoms with E-state index in [2.05, 4.69) is 15.5 Å². The van der Waals surface area contributed by atoms with Crippen LogP contribution in [-0.4, -0.2) is 41.1 Å². The van der Waals surface area contributed by atoms with Crippen molar-refractivity contribution < 1.29 is 17.2 Å². The molecule has 27 heavy (non-hydrogen) atoms. The van der Waals surface area contributed by atoms with Crippen molar-refractivity contribution >= 4 is 21.2 Å². The summed E-state index contributed by atoms with van der Waals surface area (Å²) in [5.41, 5.74) is 1.36. The molecule has 2 aromatic rings. The first-order chi connectivity index (χ1) is 12.9. The van der Waals surface area contributed by atoms with E-state index in [-0.39, 0.29) is 4.90 Å². The Morgan fingerprint density at radius 2 is 1.74 bits per heavy atom. The zero-order valence-corrected chi connectivity index (χ0v) is 16.0. The molecule has 0 unspecified atom stereocenters. The van der Waals surface area contributed by atoms with Crippen molar-refractivity contribution in [3.8, 4) is 0 Å². The van der Waals surface area contributed by atoms with Crippen LogP contribution in [0, 0.1) is 11.6 Å². The second-order valence-corrected chi connectivity index (χ2v) is 8.37. The van der Waals surface area contributed by atoms with Crippen molar-refractivity contribution in [1.82, 2.24) is 5.32 Å². The molecule has 146 valence electrons. The minimum atomic E-state index is -4.07. The number of nitrogens with zero attached hydrogens (tertiary/aromatic N) is 1. The van der Waals surface area contributed by atoms with Crippen molar-refractivity contribution in [3.05, 3.63) is 48.0 Å². The lowest BCUT2D eigenvalue weighted by Gasteiger charge is -2.30. The van der Waals surface area contributed by atoms with Crippen molar-refractivity contribution in [1.29, 1.82) is 0 Å². The first-order valence-electron chi connectivity index (χ1n) is 8.96. The van der Waals surface area contributed by atoms with E-state index in [4.69, 9.17) is 0 Å². The highest BCUT2D eigenvalue weighted by atomic mass is 32.2. The summed E-state index contributed by atoms with van der Waals surface area (Å²) in [4.78, 5) is 1.79. The van der Waals surface area contributed by atoms with Crippen molar-refractivity contribution in [2.24, 2.45) is 0 Å². The van der Waals surface area contributed by atoms with Gasteiger partial charge in [-0.3, -0.25) is 0 Å². The largest absolute Gasteiger partial charge is 0.384 e. The molecule has 0 radical (unpaired) electrons. The smallest absolute Gasteiger partial charge is 0.208 e. The SMILES string of the molecule is CCCNc1cc(N2CCNCC2)ccc1S(=O)(=O)c1cc(F)cc(F)c1. The van der Waals surface area contributed by atoms with Gasteiger partial charge in [0.2, 0.25) is 9.84 Å². The molecule has 2 aromatic carbocycles. The topological polar surface area (TPSA) is 61.4 Å². The van der Waals surface area contributed by atoms with Gasteiger partial charge < -0.3 is 15.5 Å². The number of sulfone groups is 1. The minimum Gasteiger partial charge on any atom is -0.384 e. The van der Waals surface area contributed by atoms with Crippen molar-refractivity contribution in [3.63, 3.8) is 0 Å². The summed E-state index contributed by atoms with van der Waals surface area (Å²) in [6.45, 7) is 5.94. The number of nitrogens with one attached hydrogen (secondary N) is 2. The van der Waals surface area contributed by atoms with Crippen LogP contribution in [0.15, 0.2) is 46.2 Å². The number of hydrogen-bond donors (Lipinski definition) is 2. The zero-order valence-electron chi connectivity index (χ0n) is 15.1. The summed E-state index contributed by atoms with van der Waals surface area (Å²) in [7, 11) is -4.07. The molecule has 1 aliphatic heterocycles. The van der Waals surface area contributed by atoms with Gasteiger partial charge >= 0.3 is 0 Å². The van der Waals surface area contributed by atoms with Crippen molar-refractivity contribution in [2.75, 3.05) is 42.9 Å². The van der Waals surface area contributed by atoms with Gasteiger partial charge in [-0.25, -0.2) is 17.2 Å². The Morgan fingerprint density at radius 1 is 1.07 bits per heavy atom. The fraction of sp³-hybridized carbons (Fsp3) is 0.368. The minimum absolute atomic E-state index is 0.0137. The summed E-state index contributed by atoms with van der Waals surface area (Å²) < 4.78 is 53.1. The first-order valence-corrected chi connectivity index (χ1v) is 10.4. The quantitative estimate of drug-likeness (QED) is 0.787. The van der Waals surface area contributed by atoms with Gasteiger partial charge in [0.1, 0.15) is 11.6 Å². The van der Waals surface area contributed by atoms with Crippen LogP contribution in [0.1, 0.15) is 13.3 Å². The molecule has 3 rings (SSSR count). The molecule has 1 fully saturated rings. The van der Waals surface area contributed by atoms with Crippen LogP contribution < -0.4 is 15.5 Å². The second-order valence-electron chi connectivity index (χ2n) is 6.45. The maximum atomic E-state index is 13.6. The molecule has 0 bridgehead atoms. The molecule has 0 spiro atoms. The summed E-state index contributed by atoms with van der Waals surface area (Å²) in [5.74, 6) is -1.84. The number of rotatable bonds is 6. The third-order valence-corrected chi connectivity index (χ3v) is 6.24. The molecular weight excluding hydrogens is 372 g/mol. The normalized spacial score (nSPS) is 15.0. The van der Waals surface area contributed by atoms with E-state index < -0.39 is 26.4 Å². The Hall–Kier alpha value is -2.19. The summed E-state index contributed by atoms with van der Waals surface area (Å²) in [6.07, 6.45) is 0.811. The monoisotopic (exact) mass is 395 g/mol. The predicted octanol–water partition coefficient (Wildman–Crippen LogP) is 3.03. The number of anilines is 2. The molecule has 0 aromatic heterocycles. The predicted molar refractivity (Wildman–Crippen MR) is 102 cm³/mol. The molecule has 8 heteroatoms. The third-order valence-electron chi connectivity index (χ3n) is 4.45. The molecule has 0 aliphatic carbocycles. The van der Waals surface area contributed by atoms with Crippen LogP contribution in [0.4, 0.5) is 20.2 Å². The van der Waals surface area contributed by atoms with Gasteiger partial charge in [-0.05, 0) is 36.8 Å². The van der Waals surface area contributed by atoms with Crippen LogP contribution in [-0.2, 0) is 9.84 Å². The highest BCUT2D eigenvalue weighted by Gasteiger charge is 2.24. The fourth-order valence-electron chi connectivity index (χ4n) is 3.08. The van der Waals surface area contributed by atoms with Gasteiger partial charge in [0, 0.05) is 44.5 Å². The molecule has 2 N–H and O–H groups in total. The number of hydrogen-bond acceptors (Lipinski definition) is 5. The number of benzene rings is 2. The van der Waals surface area contributed by atoms with Crippen LogP contribution >= 0.6 is 0 Å². The second kappa shape index (κ2) is 8.22. The lowest BCUT2D eigenvalue weighted by molar-refractivity contribution is 0.567. The van der Waals surface area contributed by atoms with Gasteiger partial charge in [0.15, 0.2) is 0 Å². The van der Waals surface area contributed by atoms with Gasteiger partial charge in [0.05, 0.1) is 15.5 Å². The Morgan fingerprint density at radius 3 is 2.37 bits per heavy atom. The molecule has 1 aliphatic rings. The molecule has 0 amide bonds. The summed E-state index contributed by atoms with van der Waals surface area (Å²) in [5, 5.41) is 6.42. The maximum absolute atomic E-state index is 13.6. The summed E-state index contributed by atoms with van der Waals surface area (Å²) >= 11 is 0. The first kappa shape index (κ1) is 19.6. The van der Waals surface area contributed by atoms with Crippen molar-refractivity contribution in [2.45, 2.75) is 23.1 Å². The van der Waals surface area contributed by atoms with Gasteiger partial charge in [0.25, 0.3) is 0 Å². The van der Waals surface area contributed by atoms with Crippen LogP contribution in [0.25, 0.3) is 0 Å². The Bertz CT molecular complexity index is 893. The van der Waals surface area contributed by atoms with E-state index in [1.807, 2.05) is 6.92 Å². The standard InChI is InChI=1S/C19H23F2N3O2S/c1-2-5-23-18-13-16(24-8-6-22-7-9-24)3-4-19(18)27(25,26)17-11-14(20)10-15(21)12-17/h3-4,10-13,22-23H,2,5-9H2,1H3. The Labute approximate surface area is 158 Å². The zero-order chi connectivity index (χ0) is 19.4. The Balaban J connectivity index is 2.04. The number of halogens is 2. The van der Waals surface area contributed by atoms with E-state index >= 15 is 0 Å². The van der Waals surface area contributed by atoms with Crippen LogP contribution in [0.3, 0.4) is 0 Å². The highest BCUT2D eigenvalue weighted by Crippen LogP contribution is 2.32. The Kier molecular flexibility index (Phi) is 5.96. The highest BCUT2D eigenvalue weighted by molar-refractivity contribution is 7.91. The van der Waals surface area contributed by atoms with E-state index in [0.29, 0.717) is 18.3 Å². The molecular formula is C19H23F2N3O2S. The van der Waals surface area contributed by atoms with Crippen LogP contribution in [0.5, 0.6) is 0 Å². The molecule has 1 heterocycles. The third kappa shape index (κ3) is 4.39. The molecule has 1 saturated heterocycles. The van der Waals surface area contributed by atoms with Gasteiger partial charge in [-0.15, -0.1) is 0 Å². The lowest BCUT2D eigenvalue weighted by atomic mass is 10.2. The fourth-order valence-corrected chi connectivity index (χ4v) is 4.54.